The first-order valence-corrected chi connectivity index (χ1v) is 14.8. The predicted molar refractivity (Wildman–Crippen MR) is 164 cm³/mol. The van der Waals surface area contributed by atoms with Gasteiger partial charge in [-0.3, -0.25) is 0 Å². The average Bonchev–Trinajstić information content (AvgIpc) is 2.92. The van der Waals surface area contributed by atoms with E-state index in [1.807, 2.05) is 24.3 Å². The Hall–Kier alpha value is -2.94. The third-order valence-corrected chi connectivity index (χ3v) is 7.32. The molecular weight excluding hydrogens is 450 g/mol. The molecule has 0 spiro atoms. The van der Waals surface area contributed by atoms with Crippen molar-refractivity contribution in [1.29, 1.82) is 0 Å². The highest BCUT2D eigenvalue weighted by Gasteiger charge is 2.12. The van der Waals surface area contributed by atoms with Gasteiger partial charge in [0.25, 0.3) is 0 Å². The zero-order valence-corrected chi connectivity index (χ0v) is 23.1. The first-order chi connectivity index (χ1) is 18.2. The maximum atomic E-state index is 5.94. The Balaban J connectivity index is 1.37. The number of benzene rings is 3. The van der Waals surface area contributed by atoms with Gasteiger partial charge in [0, 0.05) is 28.4 Å². The molecule has 0 unspecified atom stereocenters. The topological polar surface area (TPSA) is 55.3 Å². The van der Waals surface area contributed by atoms with E-state index in [1.54, 1.807) is 0 Å². The minimum atomic E-state index is 0.768. The molecule has 0 atom stereocenters. The monoisotopic (exact) mass is 499 g/mol. The summed E-state index contributed by atoms with van der Waals surface area (Å²) in [7, 11) is 0. The van der Waals surface area contributed by atoms with E-state index in [9.17, 15) is 0 Å². The molecule has 0 aromatic heterocycles. The molecule has 0 radical (unpaired) electrons. The minimum Gasteiger partial charge on any atom is -0.399 e. The van der Waals surface area contributed by atoms with Gasteiger partial charge in [-0.1, -0.05) is 103 Å². The van der Waals surface area contributed by atoms with Gasteiger partial charge in [-0.2, -0.15) is 0 Å². The summed E-state index contributed by atoms with van der Waals surface area (Å²) in [6.07, 6.45) is 20.8. The summed E-state index contributed by atoms with van der Waals surface area (Å²) in [4.78, 5) is 2.25. The highest BCUT2D eigenvalue weighted by atomic mass is 15.1. The Morgan fingerprint density at radius 2 is 0.757 bits per heavy atom. The van der Waals surface area contributed by atoms with Crippen molar-refractivity contribution in [2.75, 3.05) is 16.4 Å². The van der Waals surface area contributed by atoms with Crippen LogP contribution in [0.2, 0.25) is 0 Å². The number of unbranched alkanes of at least 4 members (excludes halogenated alkanes) is 13. The van der Waals surface area contributed by atoms with Crippen LogP contribution in [0.1, 0.15) is 102 Å². The lowest BCUT2D eigenvalue weighted by Gasteiger charge is -2.26. The second-order valence-electron chi connectivity index (χ2n) is 10.5. The molecule has 200 valence electrons. The SMILES string of the molecule is CCCCCCCCCCCCCCCCc1ccc(N(c2ccc(N)cc2)c2ccc(N)cc2)cc1. The molecule has 4 N–H and O–H groups in total. The van der Waals surface area contributed by atoms with E-state index in [4.69, 9.17) is 11.5 Å². The first-order valence-electron chi connectivity index (χ1n) is 14.8. The van der Waals surface area contributed by atoms with Crippen LogP contribution in [0.5, 0.6) is 0 Å². The predicted octanol–water partition coefficient (Wildman–Crippen LogP) is 10.3. The number of hydrogen-bond donors (Lipinski definition) is 2. The molecule has 37 heavy (non-hydrogen) atoms. The lowest BCUT2D eigenvalue weighted by molar-refractivity contribution is 0.535. The van der Waals surface area contributed by atoms with Crippen LogP contribution in [0.4, 0.5) is 28.4 Å². The van der Waals surface area contributed by atoms with E-state index in [0.29, 0.717) is 0 Å². The number of nitrogens with two attached hydrogens (primary N) is 2. The van der Waals surface area contributed by atoms with E-state index >= 15 is 0 Å². The lowest BCUT2D eigenvalue weighted by Crippen LogP contribution is -2.10. The van der Waals surface area contributed by atoms with E-state index in [1.165, 1.54) is 95.5 Å². The summed E-state index contributed by atoms with van der Waals surface area (Å²) in [5.41, 5.74) is 18.1. The van der Waals surface area contributed by atoms with Gasteiger partial charge in [-0.05, 0) is 79.1 Å². The number of nitrogen functional groups attached to an aromatic ring is 2. The summed E-state index contributed by atoms with van der Waals surface area (Å²) in [5.74, 6) is 0. The van der Waals surface area contributed by atoms with Gasteiger partial charge >= 0.3 is 0 Å². The molecule has 0 amide bonds. The quantitative estimate of drug-likeness (QED) is 0.135. The van der Waals surface area contributed by atoms with Crippen molar-refractivity contribution >= 4 is 28.4 Å². The fourth-order valence-corrected chi connectivity index (χ4v) is 5.03. The third-order valence-electron chi connectivity index (χ3n) is 7.32. The Kier molecular flexibility index (Phi) is 12.9. The molecule has 0 bridgehead atoms. The molecule has 0 aliphatic heterocycles. The molecule has 0 saturated carbocycles. The van der Waals surface area contributed by atoms with Crippen molar-refractivity contribution < 1.29 is 0 Å². The van der Waals surface area contributed by atoms with Crippen LogP contribution < -0.4 is 16.4 Å². The Labute approximate surface area is 226 Å². The summed E-state index contributed by atoms with van der Waals surface area (Å²) in [6.45, 7) is 2.29. The average molecular weight is 500 g/mol. The zero-order valence-electron chi connectivity index (χ0n) is 23.1. The fourth-order valence-electron chi connectivity index (χ4n) is 5.03. The van der Waals surface area contributed by atoms with Crippen molar-refractivity contribution in [2.24, 2.45) is 0 Å². The summed E-state index contributed by atoms with van der Waals surface area (Å²) < 4.78 is 0. The number of aryl methyl sites for hydroxylation is 1. The van der Waals surface area contributed by atoms with Crippen molar-refractivity contribution in [2.45, 2.75) is 103 Å². The van der Waals surface area contributed by atoms with Crippen LogP contribution in [-0.4, -0.2) is 0 Å². The number of anilines is 5. The largest absolute Gasteiger partial charge is 0.399 e. The maximum Gasteiger partial charge on any atom is 0.0463 e. The molecular formula is C34H49N3. The van der Waals surface area contributed by atoms with Crippen LogP contribution in [0.15, 0.2) is 72.8 Å². The number of nitrogens with zero attached hydrogens (tertiary/aromatic N) is 1. The van der Waals surface area contributed by atoms with Crippen LogP contribution in [0, 0.1) is 0 Å². The second kappa shape index (κ2) is 16.7. The molecule has 3 aromatic rings. The Bertz CT molecular complexity index is 932. The van der Waals surface area contributed by atoms with Gasteiger partial charge in [0.15, 0.2) is 0 Å². The van der Waals surface area contributed by atoms with Gasteiger partial charge in [0.1, 0.15) is 0 Å². The van der Waals surface area contributed by atoms with Gasteiger partial charge in [0.05, 0.1) is 0 Å². The fraction of sp³-hybridized carbons (Fsp3) is 0.471. The first kappa shape index (κ1) is 28.6. The van der Waals surface area contributed by atoms with Crippen LogP contribution >= 0.6 is 0 Å². The highest BCUT2D eigenvalue weighted by molar-refractivity contribution is 5.77. The normalized spacial score (nSPS) is 11.1. The molecule has 0 aliphatic carbocycles. The molecule has 0 saturated heterocycles. The molecule has 3 aromatic carbocycles. The van der Waals surface area contributed by atoms with Crippen LogP contribution in [0.25, 0.3) is 0 Å². The lowest BCUT2D eigenvalue weighted by atomic mass is 10.0. The van der Waals surface area contributed by atoms with Crippen molar-refractivity contribution in [3.63, 3.8) is 0 Å². The van der Waals surface area contributed by atoms with Gasteiger partial charge in [-0.25, -0.2) is 0 Å². The van der Waals surface area contributed by atoms with Crippen LogP contribution in [-0.2, 0) is 6.42 Å². The molecule has 0 heterocycles. The van der Waals surface area contributed by atoms with Gasteiger partial charge in [0.2, 0.25) is 0 Å². The molecule has 3 heteroatoms. The molecule has 0 aliphatic rings. The van der Waals surface area contributed by atoms with E-state index in [2.05, 4.69) is 60.4 Å². The van der Waals surface area contributed by atoms with E-state index < -0.39 is 0 Å². The third kappa shape index (κ3) is 10.5. The van der Waals surface area contributed by atoms with E-state index in [0.717, 1.165) is 34.9 Å². The van der Waals surface area contributed by atoms with E-state index in [-0.39, 0.29) is 0 Å². The van der Waals surface area contributed by atoms with Crippen molar-refractivity contribution in [1.82, 2.24) is 0 Å². The smallest absolute Gasteiger partial charge is 0.0463 e. The summed E-state index contributed by atoms with van der Waals surface area (Å²) >= 11 is 0. The van der Waals surface area contributed by atoms with Crippen molar-refractivity contribution in [3.05, 3.63) is 78.4 Å². The van der Waals surface area contributed by atoms with Crippen molar-refractivity contribution in [3.8, 4) is 0 Å². The molecule has 3 rings (SSSR count). The molecule has 3 nitrogen and oxygen atoms in total. The Morgan fingerprint density at radius 1 is 0.432 bits per heavy atom. The zero-order chi connectivity index (χ0) is 26.1. The minimum absolute atomic E-state index is 0.768. The Morgan fingerprint density at radius 3 is 1.14 bits per heavy atom. The number of hydrogen-bond acceptors (Lipinski definition) is 3. The highest BCUT2D eigenvalue weighted by Crippen LogP contribution is 2.35. The number of rotatable bonds is 18. The van der Waals surface area contributed by atoms with Gasteiger partial charge < -0.3 is 16.4 Å². The summed E-state index contributed by atoms with van der Waals surface area (Å²) in [5, 5.41) is 0. The van der Waals surface area contributed by atoms with Crippen LogP contribution in [0.3, 0.4) is 0 Å². The maximum absolute atomic E-state index is 5.94. The molecule has 0 fully saturated rings. The standard InChI is InChI=1S/C34H49N3/c1-2-3-4-5-6-7-8-9-10-11-12-13-14-15-16-29-17-23-32(24-18-29)37(33-25-19-30(35)20-26-33)34-27-21-31(36)22-28-34/h17-28H,2-16,35-36H2,1H3. The van der Waals surface area contributed by atoms with Gasteiger partial charge in [-0.15, -0.1) is 0 Å². The summed E-state index contributed by atoms with van der Waals surface area (Å²) in [6, 6.07) is 25.1. The second-order valence-corrected chi connectivity index (χ2v) is 10.5.